The molecule has 0 fully saturated rings. The van der Waals surface area contributed by atoms with Crippen molar-refractivity contribution in [2.75, 3.05) is 6.54 Å². The van der Waals surface area contributed by atoms with E-state index in [1.54, 1.807) is 0 Å². The summed E-state index contributed by atoms with van der Waals surface area (Å²) in [5.41, 5.74) is 2.32. The van der Waals surface area contributed by atoms with E-state index in [0.29, 0.717) is 0 Å². The van der Waals surface area contributed by atoms with E-state index in [9.17, 15) is 17.2 Å². The van der Waals surface area contributed by atoms with Gasteiger partial charge in [0.2, 0.25) is 10.0 Å². The highest BCUT2D eigenvalue weighted by Crippen LogP contribution is 2.31. The van der Waals surface area contributed by atoms with Crippen LogP contribution in [0.3, 0.4) is 0 Å². The molecule has 0 aromatic heterocycles. The van der Waals surface area contributed by atoms with Crippen molar-refractivity contribution in [3.05, 3.63) is 65.2 Å². The van der Waals surface area contributed by atoms with Crippen molar-refractivity contribution in [3.8, 4) is 0 Å². The van der Waals surface area contributed by atoms with Crippen LogP contribution in [0.5, 0.6) is 0 Å². The second kappa shape index (κ2) is 6.37. The quantitative estimate of drug-likeness (QED) is 0.930. The van der Waals surface area contributed by atoms with Gasteiger partial charge in [-0.1, -0.05) is 30.3 Å². The van der Waals surface area contributed by atoms with Gasteiger partial charge < -0.3 is 0 Å². The fourth-order valence-electron chi connectivity index (χ4n) is 3.09. The summed E-state index contributed by atoms with van der Waals surface area (Å²) in [6, 6.07) is 10.9. The molecule has 0 heterocycles. The number of benzene rings is 2. The third-order valence-corrected chi connectivity index (χ3v) is 5.68. The number of nitrogens with one attached hydrogen (secondary N) is 1. The predicted octanol–water partition coefficient (Wildman–Crippen LogP) is 3.36. The number of aryl methyl sites for hydroxylation is 1. The van der Waals surface area contributed by atoms with Crippen LogP contribution in [0.4, 0.5) is 8.78 Å². The Hall–Kier alpha value is -1.79. The molecular formula is C17H17F2NO2S. The minimum Gasteiger partial charge on any atom is -0.210 e. The second-order valence-electron chi connectivity index (χ2n) is 5.69. The standard InChI is InChI=1S/C17H17F2NO2S/c18-15-9-4-10-16(19)17(15)23(21,22)20-11-13-7-3-6-12-5-1-2-8-14(12)13/h1-2,4-5,8-10,13,20H,3,6-7,11H2. The summed E-state index contributed by atoms with van der Waals surface area (Å²) in [4.78, 5) is -0.913. The smallest absolute Gasteiger partial charge is 0.210 e. The Morgan fingerprint density at radius 2 is 1.74 bits per heavy atom. The SMILES string of the molecule is O=S(=O)(NCC1CCCc2ccccc21)c1c(F)cccc1F. The Labute approximate surface area is 134 Å². The van der Waals surface area contributed by atoms with Crippen LogP contribution < -0.4 is 4.72 Å². The van der Waals surface area contributed by atoms with Crippen molar-refractivity contribution in [1.82, 2.24) is 4.72 Å². The lowest BCUT2D eigenvalue weighted by Gasteiger charge is -2.25. The molecule has 2 aromatic carbocycles. The van der Waals surface area contributed by atoms with Crippen molar-refractivity contribution < 1.29 is 17.2 Å². The first-order chi connectivity index (χ1) is 11.0. The van der Waals surface area contributed by atoms with Gasteiger partial charge in [0.25, 0.3) is 0 Å². The zero-order valence-electron chi connectivity index (χ0n) is 12.4. The molecule has 0 saturated heterocycles. The molecule has 1 aliphatic rings. The van der Waals surface area contributed by atoms with Gasteiger partial charge in [-0.05, 0) is 48.4 Å². The molecule has 0 bridgehead atoms. The van der Waals surface area contributed by atoms with Crippen molar-refractivity contribution in [2.24, 2.45) is 0 Å². The first-order valence-corrected chi connectivity index (χ1v) is 8.99. The Balaban J connectivity index is 1.81. The Morgan fingerprint density at radius 1 is 1.04 bits per heavy atom. The molecule has 1 N–H and O–H groups in total. The van der Waals surface area contributed by atoms with Crippen molar-refractivity contribution >= 4 is 10.0 Å². The van der Waals surface area contributed by atoms with Gasteiger partial charge >= 0.3 is 0 Å². The highest BCUT2D eigenvalue weighted by molar-refractivity contribution is 7.89. The molecule has 3 rings (SSSR count). The van der Waals surface area contributed by atoms with Crippen molar-refractivity contribution in [2.45, 2.75) is 30.1 Å². The fraction of sp³-hybridized carbons (Fsp3) is 0.294. The molecule has 1 unspecified atom stereocenters. The summed E-state index contributed by atoms with van der Waals surface area (Å²) in [5, 5.41) is 0. The molecule has 0 spiro atoms. The number of fused-ring (bicyclic) bond motifs is 1. The van der Waals surface area contributed by atoms with E-state index < -0.39 is 26.6 Å². The monoisotopic (exact) mass is 337 g/mol. The number of halogens is 2. The van der Waals surface area contributed by atoms with E-state index in [2.05, 4.69) is 4.72 Å². The molecule has 122 valence electrons. The van der Waals surface area contributed by atoms with Crippen LogP contribution in [0.15, 0.2) is 47.4 Å². The van der Waals surface area contributed by atoms with Crippen LogP contribution in [0.1, 0.15) is 29.9 Å². The van der Waals surface area contributed by atoms with E-state index in [4.69, 9.17) is 0 Å². The maximum Gasteiger partial charge on any atom is 0.246 e. The molecular weight excluding hydrogens is 320 g/mol. The van der Waals surface area contributed by atoms with Gasteiger partial charge in [0, 0.05) is 6.54 Å². The van der Waals surface area contributed by atoms with Crippen LogP contribution in [-0.4, -0.2) is 15.0 Å². The minimum atomic E-state index is -4.22. The van der Waals surface area contributed by atoms with Gasteiger partial charge in [-0.3, -0.25) is 0 Å². The molecule has 0 saturated carbocycles. The zero-order valence-corrected chi connectivity index (χ0v) is 13.2. The maximum absolute atomic E-state index is 13.7. The minimum absolute atomic E-state index is 0.0181. The van der Waals surface area contributed by atoms with Crippen LogP contribution in [0.25, 0.3) is 0 Å². The van der Waals surface area contributed by atoms with Gasteiger partial charge in [-0.2, -0.15) is 0 Å². The molecule has 6 heteroatoms. The molecule has 3 nitrogen and oxygen atoms in total. The first-order valence-electron chi connectivity index (χ1n) is 7.50. The average Bonchev–Trinajstić information content (AvgIpc) is 2.52. The molecule has 1 aliphatic carbocycles. The summed E-state index contributed by atoms with van der Waals surface area (Å²) in [6.45, 7) is 0.132. The number of hydrogen-bond acceptors (Lipinski definition) is 2. The molecule has 23 heavy (non-hydrogen) atoms. The lowest BCUT2D eigenvalue weighted by Crippen LogP contribution is -2.31. The molecule has 0 amide bonds. The summed E-state index contributed by atoms with van der Waals surface area (Å²) in [6.07, 6.45) is 2.79. The second-order valence-corrected chi connectivity index (χ2v) is 7.39. The molecule has 0 aliphatic heterocycles. The molecule has 2 aromatic rings. The summed E-state index contributed by atoms with van der Waals surface area (Å²) >= 11 is 0. The van der Waals surface area contributed by atoms with Crippen LogP contribution >= 0.6 is 0 Å². The fourth-order valence-corrected chi connectivity index (χ4v) is 4.30. The van der Waals surface area contributed by atoms with Crippen LogP contribution in [-0.2, 0) is 16.4 Å². The van der Waals surface area contributed by atoms with Crippen molar-refractivity contribution in [1.29, 1.82) is 0 Å². The van der Waals surface area contributed by atoms with Gasteiger partial charge in [-0.15, -0.1) is 0 Å². The predicted molar refractivity (Wildman–Crippen MR) is 83.7 cm³/mol. The highest BCUT2D eigenvalue weighted by Gasteiger charge is 2.26. The lowest BCUT2D eigenvalue weighted by atomic mass is 9.83. The van der Waals surface area contributed by atoms with Gasteiger partial charge in [0.1, 0.15) is 11.6 Å². The average molecular weight is 337 g/mol. The third kappa shape index (κ3) is 3.28. The normalized spacial score (nSPS) is 17.7. The molecule has 1 atom stereocenters. The van der Waals surface area contributed by atoms with Gasteiger partial charge in [-0.25, -0.2) is 21.9 Å². The van der Waals surface area contributed by atoms with E-state index in [1.807, 2.05) is 24.3 Å². The zero-order chi connectivity index (χ0) is 16.4. The topological polar surface area (TPSA) is 46.2 Å². The maximum atomic E-state index is 13.7. The number of sulfonamides is 1. The first kappa shape index (κ1) is 16.1. The van der Waals surface area contributed by atoms with Crippen molar-refractivity contribution in [3.63, 3.8) is 0 Å². The van der Waals surface area contributed by atoms with E-state index in [-0.39, 0.29) is 12.5 Å². The van der Waals surface area contributed by atoms with E-state index in [1.165, 1.54) is 5.56 Å². The largest absolute Gasteiger partial charge is 0.246 e. The number of hydrogen-bond donors (Lipinski definition) is 1. The number of rotatable bonds is 4. The highest BCUT2D eigenvalue weighted by atomic mass is 32.2. The molecule has 0 radical (unpaired) electrons. The van der Waals surface area contributed by atoms with E-state index in [0.717, 1.165) is 43.0 Å². The lowest BCUT2D eigenvalue weighted by molar-refractivity contribution is 0.503. The van der Waals surface area contributed by atoms with Crippen LogP contribution in [0.2, 0.25) is 0 Å². The Bertz CT molecular complexity index is 801. The summed E-state index contributed by atoms with van der Waals surface area (Å²) in [7, 11) is -4.22. The van der Waals surface area contributed by atoms with Crippen LogP contribution in [0, 0.1) is 11.6 Å². The summed E-state index contributed by atoms with van der Waals surface area (Å²) < 4.78 is 54.2. The third-order valence-electron chi connectivity index (χ3n) is 4.20. The Kier molecular flexibility index (Phi) is 4.46. The van der Waals surface area contributed by atoms with E-state index >= 15 is 0 Å². The Morgan fingerprint density at radius 3 is 2.48 bits per heavy atom. The van der Waals surface area contributed by atoms with Gasteiger partial charge in [0.15, 0.2) is 4.90 Å². The van der Waals surface area contributed by atoms with Gasteiger partial charge in [0.05, 0.1) is 0 Å². The summed E-state index contributed by atoms with van der Waals surface area (Å²) in [5.74, 6) is -2.15.